The van der Waals surface area contributed by atoms with Gasteiger partial charge in [0.05, 0.1) is 13.2 Å². The van der Waals surface area contributed by atoms with Crippen molar-refractivity contribution in [1.29, 1.82) is 0 Å². The Bertz CT molecular complexity index is 743. The Kier molecular flexibility index (Phi) is 7.38. The molecule has 138 valence electrons. The molecule has 1 unspecified atom stereocenters. The van der Waals surface area contributed by atoms with Gasteiger partial charge in [-0.3, -0.25) is 9.63 Å². The highest BCUT2D eigenvalue weighted by atomic mass is 16.7. The van der Waals surface area contributed by atoms with Crippen LogP contribution in [-0.2, 0) is 16.1 Å². The molecule has 5 nitrogen and oxygen atoms in total. The molecule has 1 N–H and O–H groups in total. The van der Waals surface area contributed by atoms with Crippen molar-refractivity contribution in [1.82, 2.24) is 5.06 Å². The smallest absolute Gasteiger partial charge is 0.269 e. The van der Waals surface area contributed by atoms with Crippen molar-refractivity contribution in [3.8, 4) is 5.75 Å². The number of para-hydroxylation sites is 1. The number of carbonyl (C=O) groups excluding carboxylic acids is 1. The maximum Gasteiger partial charge on any atom is 0.269 e. The number of carbonyl (C=O) groups is 1. The lowest BCUT2D eigenvalue weighted by Gasteiger charge is -2.15. The van der Waals surface area contributed by atoms with Gasteiger partial charge in [0.2, 0.25) is 0 Å². The molecule has 0 spiro atoms. The summed E-state index contributed by atoms with van der Waals surface area (Å²) in [7, 11) is 2.99. The van der Waals surface area contributed by atoms with Crippen LogP contribution in [-0.4, -0.2) is 42.9 Å². The Morgan fingerprint density at radius 3 is 2.62 bits per heavy atom. The van der Waals surface area contributed by atoms with Crippen LogP contribution in [0.15, 0.2) is 54.6 Å². The summed E-state index contributed by atoms with van der Waals surface area (Å²) in [6.07, 6.45) is 3.00. The normalized spacial score (nSPS) is 12.2. The molecule has 1 amide bonds. The highest BCUT2D eigenvalue weighted by Gasteiger charge is 2.11. The zero-order chi connectivity index (χ0) is 18.9. The SMILES string of the molecule is CON(C)C(=O)/C=C/c1c(C)cccc1CC(O)COc1ccccc1. The third kappa shape index (κ3) is 5.72. The van der Waals surface area contributed by atoms with Gasteiger partial charge in [-0.15, -0.1) is 0 Å². The van der Waals surface area contributed by atoms with Crippen molar-refractivity contribution >= 4 is 12.0 Å². The van der Waals surface area contributed by atoms with Crippen LogP contribution in [0.2, 0.25) is 0 Å². The number of aliphatic hydroxyl groups is 1. The molecule has 0 aliphatic rings. The van der Waals surface area contributed by atoms with E-state index in [9.17, 15) is 9.90 Å². The molecule has 2 aromatic rings. The number of benzene rings is 2. The number of aliphatic hydroxyl groups excluding tert-OH is 1. The first-order chi connectivity index (χ1) is 12.5. The van der Waals surface area contributed by atoms with Crippen LogP contribution < -0.4 is 4.74 Å². The number of likely N-dealkylation sites (N-methyl/N-ethyl adjacent to an activating group) is 1. The van der Waals surface area contributed by atoms with E-state index in [0.29, 0.717) is 6.42 Å². The van der Waals surface area contributed by atoms with E-state index in [-0.39, 0.29) is 12.5 Å². The molecule has 0 radical (unpaired) electrons. The number of nitrogens with zero attached hydrogens (tertiary/aromatic N) is 1. The number of hydroxylamine groups is 2. The predicted octanol–water partition coefficient (Wildman–Crippen LogP) is 3.01. The second-order valence-electron chi connectivity index (χ2n) is 5.98. The Morgan fingerprint density at radius 2 is 1.92 bits per heavy atom. The number of ether oxygens (including phenoxy) is 1. The minimum Gasteiger partial charge on any atom is -0.491 e. The molecule has 1 atom stereocenters. The van der Waals surface area contributed by atoms with Crippen LogP contribution >= 0.6 is 0 Å². The number of hydrogen-bond donors (Lipinski definition) is 1. The Morgan fingerprint density at radius 1 is 1.19 bits per heavy atom. The van der Waals surface area contributed by atoms with Crippen LogP contribution in [0.25, 0.3) is 6.08 Å². The van der Waals surface area contributed by atoms with E-state index in [0.717, 1.165) is 27.5 Å². The maximum absolute atomic E-state index is 11.9. The van der Waals surface area contributed by atoms with E-state index in [1.54, 1.807) is 13.1 Å². The third-order valence-electron chi connectivity index (χ3n) is 4.03. The summed E-state index contributed by atoms with van der Waals surface area (Å²) in [4.78, 5) is 16.8. The van der Waals surface area contributed by atoms with E-state index < -0.39 is 6.10 Å². The minimum absolute atomic E-state index is 0.201. The van der Waals surface area contributed by atoms with Gasteiger partial charge in [-0.25, -0.2) is 5.06 Å². The van der Waals surface area contributed by atoms with Crippen molar-refractivity contribution in [3.63, 3.8) is 0 Å². The van der Waals surface area contributed by atoms with Gasteiger partial charge in [0.15, 0.2) is 0 Å². The van der Waals surface area contributed by atoms with Crippen LogP contribution in [0.3, 0.4) is 0 Å². The van der Waals surface area contributed by atoms with Gasteiger partial charge in [0.1, 0.15) is 12.4 Å². The molecule has 2 aromatic carbocycles. The molecule has 2 rings (SSSR count). The monoisotopic (exact) mass is 355 g/mol. The summed E-state index contributed by atoms with van der Waals surface area (Å²) in [5, 5.41) is 11.5. The minimum atomic E-state index is -0.651. The third-order valence-corrected chi connectivity index (χ3v) is 4.03. The Hall–Kier alpha value is -2.63. The van der Waals surface area contributed by atoms with Crippen molar-refractivity contribution in [2.45, 2.75) is 19.4 Å². The summed E-state index contributed by atoms with van der Waals surface area (Å²) in [5.41, 5.74) is 2.91. The molecule has 0 aliphatic carbocycles. The Labute approximate surface area is 154 Å². The molecular weight excluding hydrogens is 330 g/mol. The average Bonchev–Trinajstić information content (AvgIpc) is 2.66. The van der Waals surface area contributed by atoms with Gasteiger partial charge in [0.25, 0.3) is 5.91 Å². The molecule has 0 bridgehead atoms. The molecular formula is C21H25NO4. The summed E-state index contributed by atoms with van der Waals surface area (Å²) >= 11 is 0. The van der Waals surface area contributed by atoms with E-state index in [1.807, 2.05) is 55.5 Å². The maximum atomic E-state index is 11.9. The van der Waals surface area contributed by atoms with Gasteiger partial charge in [0, 0.05) is 19.5 Å². The summed E-state index contributed by atoms with van der Waals surface area (Å²) < 4.78 is 5.61. The fourth-order valence-electron chi connectivity index (χ4n) is 2.53. The standard InChI is InChI=1S/C21H25NO4/c1-16-8-7-9-17(20(16)12-13-21(24)22(2)25-3)14-18(23)15-26-19-10-5-4-6-11-19/h4-13,18,23H,14-15H2,1-3H3/b13-12+. The highest BCUT2D eigenvalue weighted by Crippen LogP contribution is 2.19. The first-order valence-electron chi connectivity index (χ1n) is 8.45. The zero-order valence-electron chi connectivity index (χ0n) is 15.4. The Balaban J connectivity index is 2.05. The number of aryl methyl sites for hydroxylation is 1. The predicted molar refractivity (Wildman–Crippen MR) is 102 cm³/mol. The van der Waals surface area contributed by atoms with Crippen molar-refractivity contribution in [2.75, 3.05) is 20.8 Å². The zero-order valence-corrected chi connectivity index (χ0v) is 15.4. The molecule has 26 heavy (non-hydrogen) atoms. The van der Waals surface area contributed by atoms with Crippen molar-refractivity contribution in [2.24, 2.45) is 0 Å². The van der Waals surface area contributed by atoms with Crippen LogP contribution in [0.4, 0.5) is 0 Å². The molecule has 0 saturated carbocycles. The lowest BCUT2D eigenvalue weighted by Crippen LogP contribution is -2.23. The van der Waals surface area contributed by atoms with Crippen LogP contribution in [0.1, 0.15) is 16.7 Å². The van der Waals surface area contributed by atoms with Crippen molar-refractivity contribution in [3.05, 3.63) is 71.3 Å². The number of rotatable bonds is 8. The van der Waals surface area contributed by atoms with Crippen LogP contribution in [0.5, 0.6) is 5.75 Å². The fraction of sp³-hybridized carbons (Fsp3) is 0.286. The molecule has 0 aliphatic heterocycles. The lowest BCUT2D eigenvalue weighted by molar-refractivity contribution is -0.162. The molecule has 0 heterocycles. The fourth-order valence-corrected chi connectivity index (χ4v) is 2.53. The van der Waals surface area contributed by atoms with E-state index in [2.05, 4.69) is 0 Å². The van der Waals surface area contributed by atoms with E-state index >= 15 is 0 Å². The second-order valence-corrected chi connectivity index (χ2v) is 5.98. The van der Waals surface area contributed by atoms with E-state index in [4.69, 9.17) is 9.57 Å². The number of hydrogen-bond acceptors (Lipinski definition) is 4. The van der Waals surface area contributed by atoms with Gasteiger partial charge in [-0.05, 0) is 41.8 Å². The molecule has 0 fully saturated rings. The molecule has 5 heteroatoms. The van der Waals surface area contributed by atoms with E-state index in [1.165, 1.54) is 13.2 Å². The quantitative estimate of drug-likeness (QED) is 0.584. The first-order valence-corrected chi connectivity index (χ1v) is 8.45. The molecule has 0 aromatic heterocycles. The van der Waals surface area contributed by atoms with Gasteiger partial charge in [-0.1, -0.05) is 36.4 Å². The second kappa shape index (κ2) is 9.75. The van der Waals surface area contributed by atoms with Crippen LogP contribution in [0, 0.1) is 6.92 Å². The summed E-state index contributed by atoms with van der Waals surface area (Å²) in [5.74, 6) is 0.471. The first kappa shape index (κ1) is 19.7. The summed E-state index contributed by atoms with van der Waals surface area (Å²) in [6.45, 7) is 2.17. The van der Waals surface area contributed by atoms with Gasteiger partial charge in [-0.2, -0.15) is 0 Å². The van der Waals surface area contributed by atoms with Crippen molar-refractivity contribution < 1.29 is 19.5 Å². The van der Waals surface area contributed by atoms with Gasteiger partial charge < -0.3 is 9.84 Å². The number of amides is 1. The molecule has 0 saturated heterocycles. The summed E-state index contributed by atoms with van der Waals surface area (Å²) in [6, 6.07) is 15.3. The lowest BCUT2D eigenvalue weighted by atomic mass is 9.97. The average molecular weight is 355 g/mol. The highest BCUT2D eigenvalue weighted by molar-refractivity contribution is 5.91. The largest absolute Gasteiger partial charge is 0.491 e. The van der Waals surface area contributed by atoms with Gasteiger partial charge >= 0.3 is 0 Å². The topological polar surface area (TPSA) is 59.0 Å².